The first kappa shape index (κ1) is 19.3. The van der Waals surface area contributed by atoms with Gasteiger partial charge in [0.15, 0.2) is 4.96 Å². The molecular weight excluding hydrogens is 358 g/mol. The minimum atomic E-state index is -0.104. The Morgan fingerprint density at radius 2 is 2.11 bits per heavy atom. The van der Waals surface area contributed by atoms with Crippen molar-refractivity contribution < 1.29 is 9.53 Å². The van der Waals surface area contributed by atoms with E-state index in [0.29, 0.717) is 13.2 Å². The van der Waals surface area contributed by atoms with E-state index in [0.717, 1.165) is 28.3 Å². The highest BCUT2D eigenvalue weighted by Gasteiger charge is 2.09. The predicted molar refractivity (Wildman–Crippen MR) is 110 cm³/mol. The molecule has 0 aliphatic heterocycles. The van der Waals surface area contributed by atoms with Gasteiger partial charge in [0.1, 0.15) is 0 Å². The smallest absolute Gasteiger partial charge is 0.244 e. The van der Waals surface area contributed by atoms with Crippen molar-refractivity contribution in [3.05, 3.63) is 64.4 Å². The number of fused-ring (bicyclic) bond motifs is 1. The van der Waals surface area contributed by atoms with Gasteiger partial charge >= 0.3 is 0 Å². The van der Waals surface area contributed by atoms with Crippen molar-refractivity contribution in [2.45, 2.75) is 33.3 Å². The van der Waals surface area contributed by atoms with Gasteiger partial charge in [-0.2, -0.15) is 0 Å². The highest BCUT2D eigenvalue weighted by molar-refractivity contribution is 7.17. The van der Waals surface area contributed by atoms with E-state index < -0.39 is 0 Å². The van der Waals surface area contributed by atoms with Crippen LogP contribution in [0.4, 0.5) is 0 Å². The molecule has 3 aromatic rings. The molecule has 3 rings (SSSR count). The van der Waals surface area contributed by atoms with Gasteiger partial charge in [0.05, 0.1) is 17.5 Å². The zero-order valence-corrected chi connectivity index (χ0v) is 16.8. The molecule has 0 saturated carbocycles. The fourth-order valence-electron chi connectivity index (χ4n) is 2.86. The summed E-state index contributed by atoms with van der Waals surface area (Å²) >= 11 is 1.64. The average molecular weight is 384 g/mol. The number of ether oxygens (including phenoxy) is 1. The minimum Gasteiger partial charge on any atom is -0.374 e. The maximum atomic E-state index is 12.0. The number of benzene rings is 1. The van der Waals surface area contributed by atoms with Crippen LogP contribution in [0, 0.1) is 13.8 Å². The fraction of sp³-hybridized carbons (Fsp3) is 0.333. The Labute approximate surface area is 163 Å². The molecule has 0 aliphatic carbocycles. The van der Waals surface area contributed by atoms with Gasteiger partial charge in [-0.15, -0.1) is 11.3 Å². The number of carbonyl (C=O) groups excluding carboxylic acids is 1. The summed E-state index contributed by atoms with van der Waals surface area (Å²) in [6.45, 7) is 7.24. The molecule has 0 radical (unpaired) electrons. The van der Waals surface area contributed by atoms with Gasteiger partial charge in [-0.05, 0) is 38.8 Å². The number of hydrogen-bond donors (Lipinski definition) is 1. The first-order chi connectivity index (χ1) is 13.0. The van der Waals surface area contributed by atoms with Crippen LogP contribution in [0.15, 0.2) is 42.6 Å². The lowest BCUT2D eigenvalue weighted by Gasteiger charge is -2.13. The van der Waals surface area contributed by atoms with Crippen LogP contribution in [0.25, 0.3) is 11.0 Å². The maximum Gasteiger partial charge on any atom is 0.244 e. The highest BCUT2D eigenvalue weighted by atomic mass is 32.1. The second-order valence-corrected chi connectivity index (χ2v) is 7.69. The number of thiazole rings is 1. The van der Waals surface area contributed by atoms with Crippen molar-refractivity contribution >= 4 is 28.3 Å². The van der Waals surface area contributed by atoms with Gasteiger partial charge in [-0.1, -0.05) is 30.3 Å². The Morgan fingerprint density at radius 3 is 2.89 bits per heavy atom. The number of rotatable bonds is 8. The number of amides is 1. The van der Waals surface area contributed by atoms with Crippen LogP contribution >= 0.6 is 11.3 Å². The van der Waals surface area contributed by atoms with E-state index in [9.17, 15) is 4.79 Å². The highest BCUT2D eigenvalue weighted by Crippen LogP contribution is 2.21. The van der Waals surface area contributed by atoms with Crippen LogP contribution in [-0.4, -0.2) is 28.4 Å². The van der Waals surface area contributed by atoms with E-state index in [1.165, 1.54) is 4.88 Å². The summed E-state index contributed by atoms with van der Waals surface area (Å²) in [5.74, 6) is -0.104. The Morgan fingerprint density at radius 1 is 1.33 bits per heavy atom. The molecule has 0 unspecified atom stereocenters. The second-order valence-electron chi connectivity index (χ2n) is 6.48. The number of aromatic nitrogens is 2. The van der Waals surface area contributed by atoms with E-state index in [-0.39, 0.29) is 12.0 Å². The first-order valence-electron chi connectivity index (χ1n) is 9.12. The number of hydrogen-bond acceptors (Lipinski definition) is 4. The first-order valence-corrected chi connectivity index (χ1v) is 9.94. The quantitative estimate of drug-likeness (QED) is 0.466. The molecule has 27 heavy (non-hydrogen) atoms. The molecule has 1 N–H and O–H groups in total. The van der Waals surface area contributed by atoms with Crippen LogP contribution in [0.5, 0.6) is 0 Å². The molecule has 2 aromatic heterocycles. The molecule has 5 nitrogen and oxygen atoms in total. The van der Waals surface area contributed by atoms with Crippen LogP contribution in [0.1, 0.15) is 41.3 Å². The number of aryl methyl sites for hydroxylation is 2. The van der Waals surface area contributed by atoms with Crippen molar-refractivity contribution in [2.75, 3.05) is 13.2 Å². The Bertz CT molecular complexity index is 928. The lowest BCUT2D eigenvalue weighted by atomic mass is 10.1. The predicted octanol–water partition coefficient (Wildman–Crippen LogP) is 4.31. The topological polar surface area (TPSA) is 55.6 Å². The van der Waals surface area contributed by atoms with Crippen molar-refractivity contribution in [1.29, 1.82) is 0 Å². The molecule has 0 spiro atoms. The van der Waals surface area contributed by atoms with Gasteiger partial charge < -0.3 is 10.1 Å². The average Bonchev–Trinajstić information content (AvgIpc) is 3.15. The normalized spacial score (nSPS) is 12.7. The SMILES string of the molecule is Cc1cn2c(/C=C\C(=O)NCCCO[C@H](C)c3ccccc3)c(C)nc2s1. The third kappa shape index (κ3) is 5.05. The number of nitrogens with zero attached hydrogens (tertiary/aromatic N) is 2. The standard InChI is InChI=1S/C21H25N3O2S/c1-15-14-24-19(16(2)23-21(24)27-15)10-11-20(25)22-12-7-13-26-17(3)18-8-5-4-6-9-18/h4-6,8-11,14,17H,7,12-13H2,1-3H3,(H,22,25)/b11-10-/t17-/m1/s1. The van der Waals surface area contributed by atoms with E-state index in [2.05, 4.69) is 29.4 Å². The molecular formula is C21H25N3O2S. The monoisotopic (exact) mass is 383 g/mol. The van der Waals surface area contributed by atoms with Crippen LogP contribution in [0.2, 0.25) is 0 Å². The molecule has 0 bridgehead atoms. The summed E-state index contributed by atoms with van der Waals surface area (Å²) in [5.41, 5.74) is 3.04. The van der Waals surface area contributed by atoms with Crippen molar-refractivity contribution in [1.82, 2.24) is 14.7 Å². The van der Waals surface area contributed by atoms with Crippen LogP contribution in [-0.2, 0) is 9.53 Å². The molecule has 6 heteroatoms. The number of imidazole rings is 1. The molecule has 0 fully saturated rings. The number of nitrogens with one attached hydrogen (secondary N) is 1. The molecule has 142 valence electrons. The number of carbonyl (C=O) groups is 1. The van der Waals surface area contributed by atoms with Gasteiger partial charge in [0.2, 0.25) is 5.91 Å². The van der Waals surface area contributed by atoms with Crippen molar-refractivity contribution in [3.8, 4) is 0 Å². The summed E-state index contributed by atoms with van der Waals surface area (Å²) in [7, 11) is 0. The van der Waals surface area contributed by atoms with Crippen LogP contribution < -0.4 is 5.32 Å². The zero-order chi connectivity index (χ0) is 19.2. The van der Waals surface area contributed by atoms with Crippen molar-refractivity contribution in [2.24, 2.45) is 0 Å². The van der Waals surface area contributed by atoms with Gasteiger partial charge in [0, 0.05) is 30.3 Å². The van der Waals surface area contributed by atoms with Gasteiger partial charge in [0.25, 0.3) is 0 Å². The largest absolute Gasteiger partial charge is 0.374 e. The van der Waals surface area contributed by atoms with E-state index >= 15 is 0 Å². The Balaban J connectivity index is 1.42. The third-order valence-electron chi connectivity index (χ3n) is 4.31. The minimum absolute atomic E-state index is 0.0584. The van der Waals surface area contributed by atoms with Gasteiger partial charge in [-0.25, -0.2) is 4.98 Å². The van der Waals surface area contributed by atoms with E-state index in [1.807, 2.05) is 48.7 Å². The lowest BCUT2D eigenvalue weighted by molar-refractivity contribution is -0.116. The molecule has 0 aliphatic rings. The van der Waals surface area contributed by atoms with E-state index in [1.54, 1.807) is 17.4 Å². The van der Waals surface area contributed by atoms with Crippen LogP contribution in [0.3, 0.4) is 0 Å². The Hall–Kier alpha value is -2.44. The lowest BCUT2D eigenvalue weighted by Crippen LogP contribution is -2.23. The second kappa shape index (κ2) is 8.97. The third-order valence-corrected chi connectivity index (χ3v) is 5.21. The molecule has 0 saturated heterocycles. The summed E-state index contributed by atoms with van der Waals surface area (Å²) in [5, 5.41) is 2.90. The summed E-state index contributed by atoms with van der Waals surface area (Å²) in [6.07, 6.45) is 6.27. The summed E-state index contributed by atoms with van der Waals surface area (Å²) in [4.78, 5) is 18.7. The molecule has 1 amide bonds. The zero-order valence-electron chi connectivity index (χ0n) is 15.9. The molecule has 1 atom stereocenters. The fourth-order valence-corrected chi connectivity index (χ4v) is 3.74. The molecule has 2 heterocycles. The van der Waals surface area contributed by atoms with Crippen molar-refractivity contribution in [3.63, 3.8) is 0 Å². The maximum absolute atomic E-state index is 12.0. The van der Waals surface area contributed by atoms with Gasteiger partial charge in [-0.3, -0.25) is 9.20 Å². The molecule has 1 aromatic carbocycles. The Kier molecular flexibility index (Phi) is 6.42. The van der Waals surface area contributed by atoms with E-state index in [4.69, 9.17) is 4.74 Å². The summed E-state index contributed by atoms with van der Waals surface area (Å²) < 4.78 is 7.84. The summed E-state index contributed by atoms with van der Waals surface area (Å²) in [6, 6.07) is 10.1.